The molecule has 0 saturated heterocycles. The van der Waals surface area contributed by atoms with Gasteiger partial charge in [0.1, 0.15) is 0 Å². The first-order valence-electron chi connectivity index (χ1n) is 7.56. The summed E-state index contributed by atoms with van der Waals surface area (Å²) in [6, 6.07) is 0.0156. The van der Waals surface area contributed by atoms with Gasteiger partial charge in [0.25, 0.3) is 0 Å². The van der Waals surface area contributed by atoms with Crippen molar-refractivity contribution in [2.75, 3.05) is 6.54 Å². The second-order valence-electron chi connectivity index (χ2n) is 6.03. The molecule has 0 aromatic rings. The Bertz CT molecular complexity index is 416. The standard InChI is InChI=1S/C14H23N3O4/c18-11(16-10-4-5-10)3-1-8-15-13(21)17-14(6-2-7-14)9-12(19)20/h10H,1-9H2,(H,16,18)(H,19,20)(H2,15,17,21). The van der Waals surface area contributed by atoms with Gasteiger partial charge >= 0.3 is 12.0 Å². The highest BCUT2D eigenvalue weighted by Crippen LogP contribution is 2.34. The van der Waals surface area contributed by atoms with E-state index in [2.05, 4.69) is 16.0 Å². The number of urea groups is 1. The second kappa shape index (κ2) is 6.78. The van der Waals surface area contributed by atoms with Crippen LogP contribution in [0.15, 0.2) is 0 Å². The van der Waals surface area contributed by atoms with Crippen molar-refractivity contribution in [2.24, 2.45) is 0 Å². The van der Waals surface area contributed by atoms with E-state index in [0.717, 1.165) is 19.3 Å². The summed E-state index contributed by atoms with van der Waals surface area (Å²) in [5.41, 5.74) is -0.584. The van der Waals surface area contributed by atoms with Gasteiger partial charge in [0.05, 0.1) is 12.0 Å². The van der Waals surface area contributed by atoms with Gasteiger partial charge in [-0.05, 0) is 38.5 Å². The molecule has 0 radical (unpaired) electrons. The summed E-state index contributed by atoms with van der Waals surface area (Å²) in [5, 5.41) is 17.2. The third-order valence-corrected chi connectivity index (χ3v) is 3.99. The Morgan fingerprint density at radius 1 is 1.19 bits per heavy atom. The lowest BCUT2D eigenvalue weighted by Gasteiger charge is -2.41. The predicted molar refractivity (Wildman–Crippen MR) is 75.8 cm³/mol. The minimum Gasteiger partial charge on any atom is -0.481 e. The van der Waals surface area contributed by atoms with Crippen molar-refractivity contribution in [3.63, 3.8) is 0 Å². The van der Waals surface area contributed by atoms with Gasteiger partial charge in [0.15, 0.2) is 0 Å². The molecular formula is C14H23N3O4. The van der Waals surface area contributed by atoms with Crippen molar-refractivity contribution in [3.05, 3.63) is 0 Å². The van der Waals surface area contributed by atoms with Gasteiger partial charge in [-0.15, -0.1) is 0 Å². The topological polar surface area (TPSA) is 108 Å². The van der Waals surface area contributed by atoms with E-state index >= 15 is 0 Å². The average molecular weight is 297 g/mol. The molecule has 0 bridgehead atoms. The van der Waals surface area contributed by atoms with Crippen LogP contribution in [-0.2, 0) is 9.59 Å². The van der Waals surface area contributed by atoms with Crippen LogP contribution in [0.1, 0.15) is 51.4 Å². The van der Waals surface area contributed by atoms with E-state index < -0.39 is 11.5 Å². The highest BCUT2D eigenvalue weighted by molar-refractivity contribution is 5.78. The number of carbonyl (C=O) groups is 3. The monoisotopic (exact) mass is 297 g/mol. The molecule has 2 rings (SSSR count). The first-order valence-corrected chi connectivity index (χ1v) is 7.56. The average Bonchev–Trinajstić information content (AvgIpc) is 3.15. The fourth-order valence-electron chi connectivity index (χ4n) is 2.50. The molecule has 118 valence electrons. The maximum absolute atomic E-state index is 11.7. The number of hydrogen-bond donors (Lipinski definition) is 4. The Hall–Kier alpha value is -1.79. The summed E-state index contributed by atoms with van der Waals surface area (Å²) >= 11 is 0. The second-order valence-corrected chi connectivity index (χ2v) is 6.03. The van der Waals surface area contributed by atoms with Gasteiger partial charge in [0.2, 0.25) is 5.91 Å². The van der Waals surface area contributed by atoms with Crippen LogP contribution in [0.25, 0.3) is 0 Å². The molecule has 0 aromatic heterocycles. The van der Waals surface area contributed by atoms with Crippen LogP contribution in [-0.4, -0.2) is 41.1 Å². The zero-order valence-electron chi connectivity index (χ0n) is 12.1. The molecule has 2 fully saturated rings. The molecule has 0 aliphatic heterocycles. The van der Waals surface area contributed by atoms with E-state index in [-0.39, 0.29) is 18.4 Å². The molecule has 0 atom stereocenters. The van der Waals surface area contributed by atoms with Gasteiger partial charge < -0.3 is 21.1 Å². The molecule has 7 heteroatoms. The van der Waals surface area contributed by atoms with Crippen molar-refractivity contribution in [1.29, 1.82) is 0 Å². The van der Waals surface area contributed by atoms with Crippen molar-refractivity contribution >= 4 is 17.9 Å². The quantitative estimate of drug-likeness (QED) is 0.496. The minimum absolute atomic E-state index is 0.0287. The molecule has 0 unspecified atom stereocenters. The smallest absolute Gasteiger partial charge is 0.315 e. The highest BCUT2D eigenvalue weighted by atomic mass is 16.4. The van der Waals surface area contributed by atoms with Gasteiger partial charge in [-0.2, -0.15) is 0 Å². The number of rotatable bonds is 8. The molecule has 3 amide bonds. The van der Waals surface area contributed by atoms with Crippen molar-refractivity contribution in [1.82, 2.24) is 16.0 Å². The molecule has 21 heavy (non-hydrogen) atoms. The summed E-state index contributed by atoms with van der Waals surface area (Å²) in [5.74, 6) is -0.868. The molecule has 4 N–H and O–H groups in total. The summed E-state index contributed by atoms with van der Waals surface area (Å²) < 4.78 is 0. The number of amides is 3. The van der Waals surface area contributed by atoms with Gasteiger partial charge in [-0.25, -0.2) is 4.79 Å². The number of carboxylic acid groups (broad SMARTS) is 1. The normalized spacial score (nSPS) is 19.2. The molecule has 7 nitrogen and oxygen atoms in total. The van der Waals surface area contributed by atoms with Gasteiger partial charge in [-0.1, -0.05) is 0 Å². The third-order valence-electron chi connectivity index (χ3n) is 3.99. The molecular weight excluding hydrogens is 274 g/mol. The Morgan fingerprint density at radius 2 is 1.90 bits per heavy atom. The van der Waals surface area contributed by atoms with E-state index in [0.29, 0.717) is 38.3 Å². The van der Waals surface area contributed by atoms with E-state index in [1.807, 2.05) is 0 Å². The van der Waals surface area contributed by atoms with Crippen LogP contribution in [0.3, 0.4) is 0 Å². The number of nitrogens with one attached hydrogen (secondary N) is 3. The highest BCUT2D eigenvalue weighted by Gasteiger charge is 2.40. The van der Waals surface area contributed by atoms with Gasteiger partial charge in [0, 0.05) is 19.0 Å². The summed E-state index contributed by atoms with van der Waals surface area (Å²) in [6.45, 7) is 0.410. The molecule has 2 saturated carbocycles. The zero-order chi connectivity index (χ0) is 15.3. The van der Waals surface area contributed by atoms with Crippen LogP contribution in [0, 0.1) is 0 Å². The lowest BCUT2D eigenvalue weighted by molar-refractivity contribution is -0.139. The zero-order valence-corrected chi connectivity index (χ0v) is 12.1. The number of hydrogen-bond acceptors (Lipinski definition) is 3. The fourth-order valence-corrected chi connectivity index (χ4v) is 2.50. The van der Waals surface area contributed by atoms with E-state index in [1.165, 1.54) is 0 Å². The first kappa shape index (κ1) is 15.6. The fraction of sp³-hybridized carbons (Fsp3) is 0.786. The van der Waals surface area contributed by atoms with Crippen LogP contribution < -0.4 is 16.0 Å². The minimum atomic E-state index is -0.897. The van der Waals surface area contributed by atoms with Crippen molar-refractivity contribution < 1.29 is 19.5 Å². The molecule has 2 aliphatic carbocycles. The van der Waals surface area contributed by atoms with Crippen molar-refractivity contribution in [3.8, 4) is 0 Å². The van der Waals surface area contributed by atoms with Crippen LogP contribution in [0.2, 0.25) is 0 Å². The van der Waals surface area contributed by atoms with Crippen LogP contribution >= 0.6 is 0 Å². The van der Waals surface area contributed by atoms with Crippen molar-refractivity contribution in [2.45, 2.75) is 62.9 Å². The van der Waals surface area contributed by atoms with Crippen LogP contribution in [0.4, 0.5) is 4.79 Å². The lowest BCUT2D eigenvalue weighted by Crippen LogP contribution is -2.57. The Balaban J connectivity index is 1.58. The number of aliphatic carboxylic acids is 1. The van der Waals surface area contributed by atoms with Crippen LogP contribution in [0.5, 0.6) is 0 Å². The SMILES string of the molecule is O=C(O)CC1(NC(=O)NCCCC(=O)NC2CC2)CCC1. The van der Waals surface area contributed by atoms with E-state index in [9.17, 15) is 14.4 Å². The van der Waals surface area contributed by atoms with E-state index in [4.69, 9.17) is 5.11 Å². The summed E-state index contributed by atoms with van der Waals surface area (Å²) in [6.07, 6.45) is 5.43. The summed E-state index contributed by atoms with van der Waals surface area (Å²) in [4.78, 5) is 34.0. The Kier molecular flexibility index (Phi) is 5.03. The lowest BCUT2D eigenvalue weighted by atomic mass is 9.74. The molecule has 0 aromatic carbocycles. The maximum atomic E-state index is 11.7. The predicted octanol–water partition coefficient (Wildman–Crippen LogP) is 0.742. The first-order chi connectivity index (χ1) is 9.99. The number of carboxylic acids is 1. The van der Waals surface area contributed by atoms with E-state index in [1.54, 1.807) is 0 Å². The third kappa shape index (κ3) is 5.24. The number of carbonyl (C=O) groups excluding carboxylic acids is 2. The largest absolute Gasteiger partial charge is 0.481 e. The Labute approximate surface area is 123 Å². The molecule has 0 heterocycles. The maximum Gasteiger partial charge on any atom is 0.315 e. The Morgan fingerprint density at radius 3 is 2.43 bits per heavy atom. The van der Waals surface area contributed by atoms with Gasteiger partial charge in [-0.3, -0.25) is 9.59 Å². The molecule has 0 spiro atoms. The summed E-state index contributed by atoms with van der Waals surface area (Å²) in [7, 11) is 0. The molecule has 2 aliphatic rings.